The number of carbonyl (C=O) groups is 4. The molecule has 10 nitrogen and oxygen atoms in total. The van der Waals surface area contributed by atoms with Crippen LogP contribution in [-0.4, -0.2) is 72.7 Å². The summed E-state index contributed by atoms with van der Waals surface area (Å²) in [4.78, 5) is 47.5. The van der Waals surface area contributed by atoms with Crippen molar-refractivity contribution in [3.05, 3.63) is 11.6 Å². The van der Waals surface area contributed by atoms with Gasteiger partial charge in [0.25, 0.3) is 0 Å². The molecule has 3 rings (SSSR count). The van der Waals surface area contributed by atoms with Gasteiger partial charge >= 0.3 is 23.9 Å². The van der Waals surface area contributed by atoms with Gasteiger partial charge in [-0.25, -0.2) is 4.79 Å². The van der Waals surface area contributed by atoms with Crippen LogP contribution in [0.5, 0.6) is 0 Å². The molecule has 3 aliphatic rings. The first-order valence-electron chi connectivity index (χ1n) is 21.3. The van der Waals surface area contributed by atoms with E-state index >= 15 is 0 Å². The summed E-state index contributed by atoms with van der Waals surface area (Å²) in [6, 6.07) is 0. The van der Waals surface area contributed by atoms with Crippen LogP contribution in [0.15, 0.2) is 11.6 Å². The summed E-state index contributed by atoms with van der Waals surface area (Å²) >= 11 is 0. The Morgan fingerprint density at radius 2 is 1.08 bits per heavy atom. The van der Waals surface area contributed by atoms with Gasteiger partial charge in [0.05, 0.1) is 24.4 Å². The predicted octanol–water partition coefficient (Wildman–Crippen LogP) is 9.57. The Hall–Kier alpha value is -2.46. The highest BCUT2D eigenvalue weighted by Crippen LogP contribution is 2.36. The molecule has 8 atom stereocenters. The summed E-state index contributed by atoms with van der Waals surface area (Å²) in [7, 11) is 0. The SMILES string of the molecule is CCCCCC[C@@H](CCC[C@@H](OC(C)=O)[C@H]1CC[C@H]([C@H]2CC[C@H]([C@@H](CCCCCCCCCCCCC3=C[C@H](C)OC3=O)OC(C)=O)O2)O1)OC(C)=O. The molecule has 3 aliphatic heterocycles. The average Bonchev–Trinajstić information content (AvgIpc) is 3.85. The zero-order valence-corrected chi connectivity index (χ0v) is 33.7. The number of rotatable bonds is 28. The van der Waals surface area contributed by atoms with Crippen LogP contribution in [-0.2, 0) is 47.6 Å². The molecule has 0 radical (unpaired) electrons. The highest BCUT2D eigenvalue weighted by atomic mass is 16.6. The van der Waals surface area contributed by atoms with E-state index < -0.39 is 0 Å². The molecule has 2 fully saturated rings. The van der Waals surface area contributed by atoms with Gasteiger partial charge in [0.15, 0.2) is 0 Å². The maximum absolute atomic E-state index is 12.0. The van der Waals surface area contributed by atoms with Crippen molar-refractivity contribution in [1.29, 1.82) is 0 Å². The summed E-state index contributed by atoms with van der Waals surface area (Å²) in [5.74, 6) is -0.973. The summed E-state index contributed by atoms with van der Waals surface area (Å²) in [5.41, 5.74) is 0.846. The fourth-order valence-electron chi connectivity index (χ4n) is 8.27. The summed E-state index contributed by atoms with van der Waals surface area (Å²) in [5, 5.41) is 0. The third kappa shape index (κ3) is 18.2. The molecular formula is C43H72O10. The molecule has 0 aromatic carbocycles. The highest BCUT2D eigenvalue weighted by Gasteiger charge is 2.42. The summed E-state index contributed by atoms with van der Waals surface area (Å²) < 4.78 is 35.4. The van der Waals surface area contributed by atoms with Gasteiger partial charge in [-0.2, -0.15) is 0 Å². The number of carbonyl (C=O) groups excluding carboxylic acids is 4. The lowest BCUT2D eigenvalue weighted by molar-refractivity contribution is -0.164. The van der Waals surface area contributed by atoms with Crippen LogP contribution in [0.3, 0.4) is 0 Å². The first kappa shape index (κ1) is 44.9. The van der Waals surface area contributed by atoms with Crippen molar-refractivity contribution in [3.8, 4) is 0 Å². The quantitative estimate of drug-likeness (QED) is 0.0434. The predicted molar refractivity (Wildman–Crippen MR) is 204 cm³/mol. The van der Waals surface area contributed by atoms with E-state index in [2.05, 4.69) is 6.92 Å². The Morgan fingerprint density at radius 1 is 0.623 bits per heavy atom. The van der Waals surface area contributed by atoms with E-state index in [9.17, 15) is 19.2 Å². The van der Waals surface area contributed by atoms with E-state index in [1.807, 2.05) is 13.0 Å². The van der Waals surface area contributed by atoms with Gasteiger partial charge in [-0.15, -0.1) is 0 Å². The smallest absolute Gasteiger partial charge is 0.334 e. The van der Waals surface area contributed by atoms with Crippen LogP contribution in [0.4, 0.5) is 0 Å². The van der Waals surface area contributed by atoms with Gasteiger partial charge < -0.3 is 28.4 Å². The normalized spacial score (nSPS) is 24.4. The molecule has 0 bridgehead atoms. The fraction of sp³-hybridized carbons (Fsp3) is 0.860. The van der Waals surface area contributed by atoms with E-state index in [1.54, 1.807) is 0 Å². The third-order valence-corrected chi connectivity index (χ3v) is 11.0. The number of esters is 4. The Bertz CT molecular complexity index is 1120. The van der Waals surface area contributed by atoms with E-state index in [0.29, 0.717) is 6.42 Å². The monoisotopic (exact) mass is 749 g/mol. The minimum atomic E-state index is -0.348. The number of cyclic esters (lactones) is 1. The number of unbranched alkanes of at least 4 members (excludes halogenated alkanes) is 12. The maximum atomic E-state index is 12.0. The molecule has 0 aliphatic carbocycles. The fourth-order valence-corrected chi connectivity index (χ4v) is 8.27. The van der Waals surface area contributed by atoms with Crippen molar-refractivity contribution in [2.75, 3.05) is 0 Å². The molecule has 0 spiro atoms. The summed E-state index contributed by atoms with van der Waals surface area (Å²) in [6.07, 6.45) is 24.8. The van der Waals surface area contributed by atoms with Crippen molar-refractivity contribution < 1.29 is 47.6 Å². The topological polar surface area (TPSA) is 124 Å². The maximum Gasteiger partial charge on any atom is 0.334 e. The molecule has 2 saturated heterocycles. The highest BCUT2D eigenvalue weighted by molar-refractivity contribution is 5.90. The molecule has 0 saturated carbocycles. The van der Waals surface area contributed by atoms with Crippen LogP contribution in [0, 0.1) is 0 Å². The molecule has 0 unspecified atom stereocenters. The van der Waals surface area contributed by atoms with E-state index in [4.69, 9.17) is 28.4 Å². The molecule has 0 aromatic heterocycles. The Kier molecular flexibility index (Phi) is 21.7. The Morgan fingerprint density at radius 3 is 1.57 bits per heavy atom. The lowest BCUT2D eigenvalue weighted by Gasteiger charge is -2.27. The second-order valence-corrected chi connectivity index (χ2v) is 15.8. The third-order valence-electron chi connectivity index (χ3n) is 11.0. The van der Waals surface area contributed by atoms with Gasteiger partial charge in [0.1, 0.15) is 24.4 Å². The molecule has 0 N–H and O–H groups in total. The zero-order valence-electron chi connectivity index (χ0n) is 33.7. The second kappa shape index (κ2) is 25.6. The Labute approximate surface area is 320 Å². The van der Waals surface area contributed by atoms with E-state index in [-0.39, 0.29) is 72.7 Å². The van der Waals surface area contributed by atoms with Crippen molar-refractivity contribution in [3.63, 3.8) is 0 Å². The Balaban J connectivity index is 1.32. The van der Waals surface area contributed by atoms with Crippen LogP contribution in [0.25, 0.3) is 0 Å². The van der Waals surface area contributed by atoms with Gasteiger partial charge in [-0.05, 0) is 96.5 Å². The van der Waals surface area contributed by atoms with Crippen LogP contribution in [0.2, 0.25) is 0 Å². The van der Waals surface area contributed by atoms with Gasteiger partial charge in [-0.3, -0.25) is 14.4 Å². The molecular weight excluding hydrogens is 676 g/mol. The second-order valence-electron chi connectivity index (χ2n) is 15.8. The van der Waals surface area contributed by atoms with Gasteiger partial charge in [-0.1, -0.05) is 77.6 Å². The first-order valence-corrected chi connectivity index (χ1v) is 21.3. The van der Waals surface area contributed by atoms with Crippen LogP contribution < -0.4 is 0 Å². The zero-order chi connectivity index (χ0) is 38.4. The number of hydrogen-bond donors (Lipinski definition) is 0. The lowest BCUT2D eigenvalue weighted by atomic mass is 9.99. The van der Waals surface area contributed by atoms with Crippen LogP contribution in [0.1, 0.15) is 189 Å². The standard InChI is InChI=1S/C43H72O10/c1-6-7-8-18-22-36(49-32(3)44)23-20-25-38(51-34(5)46)40-27-29-42(53-40)41-28-26-39(52-41)37(50-33(4)45)24-19-16-14-12-10-9-11-13-15-17-21-35-30-31(2)48-43(35)47/h30-31,36-42H,6-29H2,1-5H3/t31-,36-,37+,38+,39+,40+,41+,42+/m0/s1. The number of ether oxygens (including phenoxy) is 6. The average molecular weight is 749 g/mol. The molecule has 53 heavy (non-hydrogen) atoms. The minimum Gasteiger partial charge on any atom is -0.463 e. The van der Waals surface area contributed by atoms with Crippen molar-refractivity contribution in [2.24, 2.45) is 0 Å². The van der Waals surface area contributed by atoms with Crippen LogP contribution >= 0.6 is 0 Å². The van der Waals surface area contributed by atoms with Gasteiger partial charge in [0.2, 0.25) is 0 Å². The molecule has 0 amide bonds. The molecule has 10 heteroatoms. The van der Waals surface area contributed by atoms with E-state index in [1.165, 1.54) is 65.7 Å². The van der Waals surface area contributed by atoms with Crippen molar-refractivity contribution in [1.82, 2.24) is 0 Å². The first-order chi connectivity index (χ1) is 25.5. The minimum absolute atomic E-state index is 0.0718. The van der Waals surface area contributed by atoms with Crippen molar-refractivity contribution >= 4 is 23.9 Å². The molecule has 3 heterocycles. The largest absolute Gasteiger partial charge is 0.463 e. The number of hydrogen-bond acceptors (Lipinski definition) is 10. The molecule has 0 aromatic rings. The van der Waals surface area contributed by atoms with Gasteiger partial charge in [0, 0.05) is 26.3 Å². The van der Waals surface area contributed by atoms with Crippen molar-refractivity contribution in [2.45, 2.75) is 238 Å². The molecule has 304 valence electrons. The lowest BCUT2D eigenvalue weighted by Crippen LogP contribution is -2.35. The summed E-state index contributed by atoms with van der Waals surface area (Å²) in [6.45, 7) is 8.46. The van der Waals surface area contributed by atoms with E-state index in [0.717, 1.165) is 108 Å².